The van der Waals surface area contributed by atoms with Crippen molar-refractivity contribution in [3.63, 3.8) is 0 Å². The van der Waals surface area contributed by atoms with Crippen LogP contribution in [0, 0.1) is 5.41 Å². The average Bonchev–Trinajstić information content (AvgIpc) is 2.71. The van der Waals surface area contributed by atoms with Gasteiger partial charge in [-0.3, -0.25) is 5.10 Å². The molecule has 2 atom stereocenters. The summed E-state index contributed by atoms with van der Waals surface area (Å²) < 4.78 is 0. The predicted molar refractivity (Wildman–Crippen MR) is 52.6 cm³/mol. The SMILES string of the molecule is CC1(CO)C=CC=CC1c1c[nH]nn1. The molecule has 0 radical (unpaired) electrons. The molecule has 1 heterocycles. The number of aromatic nitrogens is 3. The Labute approximate surface area is 82.3 Å². The van der Waals surface area contributed by atoms with Crippen LogP contribution in [0.5, 0.6) is 0 Å². The summed E-state index contributed by atoms with van der Waals surface area (Å²) in [5.41, 5.74) is 0.591. The van der Waals surface area contributed by atoms with Gasteiger partial charge >= 0.3 is 0 Å². The molecule has 1 aliphatic rings. The lowest BCUT2D eigenvalue weighted by molar-refractivity contribution is 0.168. The van der Waals surface area contributed by atoms with Crippen molar-refractivity contribution in [2.75, 3.05) is 6.61 Å². The maximum atomic E-state index is 9.38. The van der Waals surface area contributed by atoms with E-state index in [1.54, 1.807) is 6.20 Å². The summed E-state index contributed by atoms with van der Waals surface area (Å²) in [4.78, 5) is 0. The molecular formula is C10H13N3O. The second kappa shape index (κ2) is 3.38. The molecule has 1 aromatic rings. The monoisotopic (exact) mass is 191 g/mol. The summed E-state index contributed by atoms with van der Waals surface area (Å²) in [5, 5.41) is 19.7. The Balaban J connectivity index is 2.34. The fraction of sp³-hybridized carbons (Fsp3) is 0.400. The molecule has 0 fully saturated rings. The minimum atomic E-state index is -0.272. The predicted octanol–water partition coefficient (Wildman–Crippen LogP) is 1.01. The van der Waals surface area contributed by atoms with Crippen molar-refractivity contribution in [1.82, 2.24) is 15.4 Å². The Morgan fingerprint density at radius 1 is 1.57 bits per heavy atom. The Kier molecular flexibility index (Phi) is 2.21. The highest BCUT2D eigenvalue weighted by Crippen LogP contribution is 2.38. The summed E-state index contributed by atoms with van der Waals surface area (Å²) >= 11 is 0. The highest BCUT2D eigenvalue weighted by atomic mass is 16.3. The minimum absolute atomic E-state index is 0.0938. The van der Waals surface area contributed by atoms with E-state index in [-0.39, 0.29) is 17.9 Å². The van der Waals surface area contributed by atoms with E-state index in [9.17, 15) is 5.11 Å². The number of aliphatic hydroxyl groups excluding tert-OH is 1. The van der Waals surface area contributed by atoms with Crippen LogP contribution in [0.4, 0.5) is 0 Å². The van der Waals surface area contributed by atoms with E-state index >= 15 is 0 Å². The van der Waals surface area contributed by atoms with Crippen LogP contribution in [0.25, 0.3) is 0 Å². The highest BCUT2D eigenvalue weighted by Gasteiger charge is 2.33. The number of rotatable bonds is 2. The minimum Gasteiger partial charge on any atom is -0.395 e. The zero-order valence-electron chi connectivity index (χ0n) is 8.01. The standard InChI is InChI=1S/C10H13N3O/c1-10(7-14)5-3-2-4-8(10)9-6-11-13-12-9/h2-6,8,14H,7H2,1H3,(H,11,12,13). The van der Waals surface area contributed by atoms with Gasteiger partial charge in [-0.25, -0.2) is 0 Å². The molecule has 2 rings (SSSR count). The average molecular weight is 191 g/mol. The van der Waals surface area contributed by atoms with E-state index in [0.717, 1.165) is 5.69 Å². The first-order chi connectivity index (χ1) is 6.76. The Morgan fingerprint density at radius 3 is 3.07 bits per heavy atom. The fourth-order valence-corrected chi connectivity index (χ4v) is 1.72. The largest absolute Gasteiger partial charge is 0.395 e. The normalized spacial score (nSPS) is 30.9. The van der Waals surface area contributed by atoms with Gasteiger partial charge in [0.1, 0.15) is 0 Å². The smallest absolute Gasteiger partial charge is 0.0902 e. The lowest BCUT2D eigenvalue weighted by atomic mass is 9.73. The van der Waals surface area contributed by atoms with Gasteiger partial charge in [-0.15, -0.1) is 5.10 Å². The van der Waals surface area contributed by atoms with Gasteiger partial charge in [0.05, 0.1) is 12.3 Å². The van der Waals surface area contributed by atoms with Crippen LogP contribution in [0.2, 0.25) is 0 Å². The van der Waals surface area contributed by atoms with Gasteiger partial charge in [0.25, 0.3) is 0 Å². The van der Waals surface area contributed by atoms with Gasteiger partial charge in [0.15, 0.2) is 0 Å². The van der Waals surface area contributed by atoms with E-state index in [1.165, 1.54) is 0 Å². The molecule has 0 amide bonds. The first-order valence-electron chi connectivity index (χ1n) is 4.59. The Hall–Kier alpha value is -1.42. The molecular weight excluding hydrogens is 178 g/mol. The Morgan fingerprint density at radius 2 is 2.43 bits per heavy atom. The third-order valence-corrected chi connectivity index (χ3v) is 2.70. The zero-order valence-corrected chi connectivity index (χ0v) is 8.01. The van der Waals surface area contributed by atoms with Crippen molar-refractivity contribution >= 4 is 0 Å². The quantitative estimate of drug-likeness (QED) is 0.733. The number of nitrogens with zero attached hydrogens (tertiary/aromatic N) is 2. The molecule has 74 valence electrons. The van der Waals surface area contributed by atoms with Crippen molar-refractivity contribution in [2.24, 2.45) is 5.41 Å². The van der Waals surface area contributed by atoms with Crippen LogP contribution in [-0.2, 0) is 0 Å². The highest BCUT2D eigenvalue weighted by molar-refractivity contribution is 5.28. The van der Waals surface area contributed by atoms with Crippen molar-refractivity contribution in [2.45, 2.75) is 12.8 Å². The first kappa shape index (κ1) is 9.15. The van der Waals surface area contributed by atoms with Crippen LogP contribution < -0.4 is 0 Å². The molecule has 0 bridgehead atoms. The summed E-state index contributed by atoms with van der Waals surface area (Å²) in [6.45, 7) is 2.11. The molecule has 4 nitrogen and oxygen atoms in total. The maximum absolute atomic E-state index is 9.38. The number of aromatic amines is 1. The third-order valence-electron chi connectivity index (χ3n) is 2.70. The molecule has 0 saturated carbocycles. The van der Waals surface area contributed by atoms with Crippen molar-refractivity contribution < 1.29 is 5.11 Å². The molecule has 14 heavy (non-hydrogen) atoms. The molecule has 2 N–H and O–H groups in total. The van der Waals surface area contributed by atoms with Crippen LogP contribution in [0.1, 0.15) is 18.5 Å². The lowest BCUT2D eigenvalue weighted by Crippen LogP contribution is -2.28. The van der Waals surface area contributed by atoms with Gasteiger partial charge in [-0.2, -0.15) is 0 Å². The number of hydrogen-bond acceptors (Lipinski definition) is 3. The van der Waals surface area contributed by atoms with Crippen LogP contribution >= 0.6 is 0 Å². The van der Waals surface area contributed by atoms with Gasteiger partial charge in [0.2, 0.25) is 0 Å². The second-order valence-corrected chi connectivity index (χ2v) is 3.78. The number of aliphatic hydroxyl groups is 1. The van der Waals surface area contributed by atoms with E-state index in [1.807, 2.05) is 31.2 Å². The lowest BCUT2D eigenvalue weighted by Gasteiger charge is -2.31. The van der Waals surface area contributed by atoms with Crippen LogP contribution in [0.3, 0.4) is 0 Å². The molecule has 1 aliphatic carbocycles. The molecule has 2 unspecified atom stereocenters. The number of nitrogens with one attached hydrogen (secondary N) is 1. The van der Waals surface area contributed by atoms with E-state index in [4.69, 9.17) is 0 Å². The number of H-pyrrole nitrogens is 1. The molecule has 0 spiro atoms. The van der Waals surface area contributed by atoms with E-state index in [0.29, 0.717) is 0 Å². The van der Waals surface area contributed by atoms with Gasteiger partial charge in [-0.05, 0) is 0 Å². The van der Waals surface area contributed by atoms with Crippen molar-refractivity contribution in [3.8, 4) is 0 Å². The fourth-order valence-electron chi connectivity index (χ4n) is 1.72. The molecule has 0 saturated heterocycles. The van der Waals surface area contributed by atoms with Gasteiger partial charge < -0.3 is 5.11 Å². The molecule has 4 heteroatoms. The summed E-state index contributed by atoms with van der Waals surface area (Å²) in [7, 11) is 0. The Bertz CT molecular complexity index is 355. The number of allylic oxidation sites excluding steroid dienone is 3. The molecule has 0 aliphatic heterocycles. The van der Waals surface area contributed by atoms with Gasteiger partial charge in [-0.1, -0.05) is 36.4 Å². The summed E-state index contributed by atoms with van der Waals surface area (Å²) in [6.07, 6.45) is 9.73. The first-order valence-corrected chi connectivity index (χ1v) is 4.59. The van der Waals surface area contributed by atoms with Gasteiger partial charge in [0, 0.05) is 17.5 Å². The maximum Gasteiger partial charge on any atom is 0.0902 e. The topological polar surface area (TPSA) is 61.8 Å². The van der Waals surface area contributed by atoms with Crippen LogP contribution in [0.15, 0.2) is 30.5 Å². The zero-order chi connectivity index (χ0) is 10.0. The van der Waals surface area contributed by atoms with Crippen molar-refractivity contribution in [3.05, 3.63) is 36.2 Å². The second-order valence-electron chi connectivity index (χ2n) is 3.78. The van der Waals surface area contributed by atoms with E-state index < -0.39 is 0 Å². The summed E-state index contributed by atoms with van der Waals surface area (Å²) in [5.74, 6) is 0.0938. The van der Waals surface area contributed by atoms with E-state index in [2.05, 4.69) is 15.4 Å². The number of hydrogen-bond donors (Lipinski definition) is 2. The summed E-state index contributed by atoms with van der Waals surface area (Å²) in [6, 6.07) is 0. The van der Waals surface area contributed by atoms with Crippen LogP contribution in [-0.4, -0.2) is 27.1 Å². The third kappa shape index (κ3) is 1.37. The molecule has 0 aromatic carbocycles. The molecule has 1 aromatic heterocycles. The van der Waals surface area contributed by atoms with Crippen molar-refractivity contribution in [1.29, 1.82) is 0 Å².